The van der Waals surface area contributed by atoms with Crippen molar-refractivity contribution < 1.29 is 0 Å². The summed E-state index contributed by atoms with van der Waals surface area (Å²) in [4.78, 5) is 15.5. The normalized spacial score (nSPS) is 12.4. The van der Waals surface area contributed by atoms with Crippen molar-refractivity contribution in [2.24, 2.45) is 0 Å². The molecule has 1 heterocycles. The molecule has 0 spiro atoms. The largest absolute Gasteiger partial charge is 0.208 e. The standard InChI is InChI=1S/C58H39N3/c1-5-18-40(19-6-1)42-32-34-44(35-33-42)56-59-55(43-22-9-3-10-23-43)60-57(61-56)48-37-46(41-20-7-2-8-21-41)36-47(38-48)45-24-17-27-50(39-45)58(49-25-11-4-12-26-49)53-30-15-13-28-51(53)52-29-14-16-31-54(52)58/h1-39H. The molecule has 0 amide bonds. The van der Waals surface area contributed by atoms with E-state index in [9.17, 15) is 0 Å². The lowest BCUT2D eigenvalue weighted by Crippen LogP contribution is -2.28. The maximum absolute atomic E-state index is 5.23. The van der Waals surface area contributed by atoms with E-state index >= 15 is 0 Å². The van der Waals surface area contributed by atoms with Crippen molar-refractivity contribution in [3.8, 4) is 78.7 Å². The van der Waals surface area contributed by atoms with Gasteiger partial charge in [0.2, 0.25) is 0 Å². The first kappa shape index (κ1) is 36.1. The molecular weight excluding hydrogens is 739 g/mol. The molecule has 0 N–H and O–H groups in total. The van der Waals surface area contributed by atoms with E-state index < -0.39 is 5.41 Å². The minimum atomic E-state index is -0.506. The number of rotatable bonds is 8. The number of aromatic nitrogens is 3. The molecule has 61 heavy (non-hydrogen) atoms. The highest BCUT2D eigenvalue weighted by Gasteiger charge is 2.45. The molecule has 0 fully saturated rings. The predicted octanol–water partition coefficient (Wildman–Crippen LogP) is 14.2. The molecule has 0 saturated carbocycles. The van der Waals surface area contributed by atoms with Crippen LogP contribution in [0.4, 0.5) is 0 Å². The molecule has 1 aromatic heterocycles. The summed E-state index contributed by atoms with van der Waals surface area (Å²) in [6.07, 6.45) is 0. The van der Waals surface area contributed by atoms with Crippen molar-refractivity contribution in [2.75, 3.05) is 0 Å². The van der Waals surface area contributed by atoms with Gasteiger partial charge in [0, 0.05) is 16.7 Å². The van der Waals surface area contributed by atoms with Crippen molar-refractivity contribution >= 4 is 0 Å². The molecular formula is C58H39N3. The highest BCUT2D eigenvalue weighted by molar-refractivity contribution is 5.87. The Kier molecular flexibility index (Phi) is 9.05. The van der Waals surface area contributed by atoms with Gasteiger partial charge < -0.3 is 0 Å². The van der Waals surface area contributed by atoms with Crippen molar-refractivity contribution in [1.29, 1.82) is 0 Å². The molecule has 0 radical (unpaired) electrons. The van der Waals surface area contributed by atoms with Crippen LogP contribution in [0.5, 0.6) is 0 Å². The van der Waals surface area contributed by atoms with E-state index in [1.54, 1.807) is 0 Å². The highest BCUT2D eigenvalue weighted by Crippen LogP contribution is 2.56. The molecule has 11 rings (SSSR count). The second-order valence-corrected chi connectivity index (χ2v) is 15.6. The Balaban J connectivity index is 1.10. The van der Waals surface area contributed by atoms with Gasteiger partial charge in [0.15, 0.2) is 17.5 Å². The average Bonchev–Trinajstić information content (AvgIpc) is 3.66. The van der Waals surface area contributed by atoms with Gasteiger partial charge in [0.1, 0.15) is 0 Å². The zero-order chi connectivity index (χ0) is 40.6. The lowest BCUT2D eigenvalue weighted by atomic mass is 9.67. The van der Waals surface area contributed by atoms with E-state index in [4.69, 9.17) is 15.0 Å². The van der Waals surface area contributed by atoms with Crippen LogP contribution in [0.3, 0.4) is 0 Å². The van der Waals surface area contributed by atoms with Gasteiger partial charge in [0.05, 0.1) is 5.41 Å². The monoisotopic (exact) mass is 777 g/mol. The van der Waals surface area contributed by atoms with E-state index in [0.717, 1.165) is 44.5 Å². The minimum Gasteiger partial charge on any atom is -0.208 e. The zero-order valence-corrected chi connectivity index (χ0v) is 33.4. The Labute approximate surface area is 356 Å². The molecule has 3 nitrogen and oxygen atoms in total. The number of hydrogen-bond donors (Lipinski definition) is 0. The Morgan fingerprint density at radius 2 is 0.590 bits per heavy atom. The Hall–Kier alpha value is -8.01. The van der Waals surface area contributed by atoms with Gasteiger partial charge in [-0.25, -0.2) is 15.0 Å². The molecule has 0 atom stereocenters. The molecule has 10 aromatic rings. The molecule has 9 aromatic carbocycles. The fraction of sp³-hybridized carbons (Fsp3) is 0.0172. The van der Waals surface area contributed by atoms with Crippen molar-refractivity contribution in [1.82, 2.24) is 15.0 Å². The molecule has 0 unspecified atom stereocenters. The topological polar surface area (TPSA) is 38.7 Å². The SMILES string of the molecule is c1ccc(-c2ccc(-c3nc(-c4ccccc4)nc(-c4cc(-c5ccccc5)cc(-c5cccc(C6(c7ccccc7)c7ccccc7-c7ccccc76)c5)c4)n3)cc2)cc1. The third-order valence-corrected chi connectivity index (χ3v) is 12.0. The number of benzene rings is 9. The summed E-state index contributed by atoms with van der Waals surface area (Å²) in [6.45, 7) is 0. The lowest BCUT2D eigenvalue weighted by molar-refractivity contribution is 0.769. The maximum Gasteiger partial charge on any atom is 0.164 e. The van der Waals surface area contributed by atoms with Gasteiger partial charge in [-0.2, -0.15) is 0 Å². The Morgan fingerprint density at radius 1 is 0.230 bits per heavy atom. The van der Waals surface area contributed by atoms with Crippen molar-refractivity contribution in [3.63, 3.8) is 0 Å². The van der Waals surface area contributed by atoms with E-state index in [1.807, 2.05) is 24.3 Å². The van der Waals surface area contributed by atoms with Gasteiger partial charge in [0.25, 0.3) is 0 Å². The quantitative estimate of drug-likeness (QED) is 0.154. The van der Waals surface area contributed by atoms with Gasteiger partial charge in [-0.05, 0) is 91.0 Å². The summed E-state index contributed by atoms with van der Waals surface area (Å²) in [7, 11) is 0. The molecule has 0 aliphatic heterocycles. The van der Waals surface area contributed by atoms with E-state index in [1.165, 1.54) is 38.9 Å². The first-order chi connectivity index (χ1) is 30.2. The fourth-order valence-electron chi connectivity index (χ4n) is 9.16. The van der Waals surface area contributed by atoms with E-state index in [2.05, 4.69) is 212 Å². The van der Waals surface area contributed by atoms with Crippen molar-refractivity contribution in [2.45, 2.75) is 5.41 Å². The molecule has 286 valence electrons. The third kappa shape index (κ3) is 6.44. The lowest BCUT2D eigenvalue weighted by Gasteiger charge is -2.34. The van der Waals surface area contributed by atoms with Gasteiger partial charge >= 0.3 is 0 Å². The number of nitrogens with zero attached hydrogens (tertiary/aromatic N) is 3. The summed E-state index contributed by atoms with van der Waals surface area (Å²) in [5.41, 5.74) is 16.6. The average molecular weight is 778 g/mol. The van der Waals surface area contributed by atoms with Crippen LogP contribution in [-0.2, 0) is 5.41 Å². The summed E-state index contributed by atoms with van der Waals surface area (Å²) in [5.74, 6) is 1.87. The first-order valence-corrected chi connectivity index (χ1v) is 20.8. The van der Waals surface area contributed by atoms with Crippen LogP contribution in [0.25, 0.3) is 78.7 Å². The molecule has 1 aliphatic rings. The molecule has 1 aliphatic carbocycles. The first-order valence-electron chi connectivity index (χ1n) is 20.8. The second-order valence-electron chi connectivity index (χ2n) is 15.6. The van der Waals surface area contributed by atoms with Gasteiger partial charge in [-0.1, -0.05) is 212 Å². The van der Waals surface area contributed by atoms with Crippen molar-refractivity contribution in [3.05, 3.63) is 259 Å². The molecule has 0 bridgehead atoms. The number of hydrogen-bond acceptors (Lipinski definition) is 3. The fourth-order valence-corrected chi connectivity index (χ4v) is 9.16. The smallest absolute Gasteiger partial charge is 0.164 e. The summed E-state index contributed by atoms with van der Waals surface area (Å²) in [5, 5.41) is 0. The van der Waals surface area contributed by atoms with Crippen LogP contribution in [-0.4, -0.2) is 15.0 Å². The maximum atomic E-state index is 5.23. The van der Waals surface area contributed by atoms with Crippen LogP contribution in [0.1, 0.15) is 22.3 Å². The summed E-state index contributed by atoms with van der Waals surface area (Å²) >= 11 is 0. The third-order valence-electron chi connectivity index (χ3n) is 12.0. The molecule has 0 saturated heterocycles. The van der Waals surface area contributed by atoms with Gasteiger partial charge in [-0.15, -0.1) is 0 Å². The van der Waals surface area contributed by atoms with Crippen LogP contribution in [0, 0.1) is 0 Å². The second kappa shape index (κ2) is 15.3. The van der Waals surface area contributed by atoms with Crippen LogP contribution in [0.2, 0.25) is 0 Å². The minimum absolute atomic E-state index is 0.506. The number of fused-ring (bicyclic) bond motifs is 3. The summed E-state index contributed by atoms with van der Waals surface area (Å²) in [6, 6.07) is 84.3. The van der Waals surface area contributed by atoms with Gasteiger partial charge in [-0.3, -0.25) is 0 Å². The highest BCUT2D eigenvalue weighted by atomic mass is 15.0. The van der Waals surface area contributed by atoms with Crippen LogP contribution >= 0.6 is 0 Å². The van der Waals surface area contributed by atoms with Crippen LogP contribution in [0.15, 0.2) is 237 Å². The van der Waals surface area contributed by atoms with E-state index in [0.29, 0.717) is 17.5 Å². The molecule has 3 heteroatoms. The van der Waals surface area contributed by atoms with Crippen LogP contribution < -0.4 is 0 Å². The Morgan fingerprint density at radius 3 is 1.16 bits per heavy atom. The van der Waals surface area contributed by atoms with E-state index in [-0.39, 0.29) is 0 Å². The Bertz CT molecular complexity index is 3120. The zero-order valence-electron chi connectivity index (χ0n) is 33.4. The predicted molar refractivity (Wildman–Crippen MR) is 250 cm³/mol. The summed E-state index contributed by atoms with van der Waals surface area (Å²) < 4.78 is 0.